The number of nitrogens with zero attached hydrogens (tertiary/aromatic N) is 1. The summed E-state index contributed by atoms with van der Waals surface area (Å²) in [4.78, 5) is 4.76. The lowest BCUT2D eigenvalue weighted by molar-refractivity contribution is 0.153. The monoisotopic (exact) mass is 473 g/mol. The zero-order valence-corrected chi connectivity index (χ0v) is 17.7. The average molecular weight is 473 g/mol. The second-order valence-corrected chi connectivity index (χ2v) is 6.85. The van der Waals surface area contributed by atoms with E-state index in [0.29, 0.717) is 6.54 Å². The summed E-state index contributed by atoms with van der Waals surface area (Å²) in [7, 11) is 0. The molecule has 1 heterocycles. The van der Waals surface area contributed by atoms with Crippen molar-refractivity contribution in [3.8, 4) is 0 Å². The molecule has 0 aromatic heterocycles. The van der Waals surface area contributed by atoms with Crippen LogP contribution in [0.3, 0.4) is 0 Å². The first kappa shape index (κ1) is 21.2. The molecule has 0 unspecified atom stereocenters. The fourth-order valence-corrected chi connectivity index (χ4v) is 3.21. The molecule has 1 aliphatic heterocycles. The van der Waals surface area contributed by atoms with Crippen molar-refractivity contribution in [2.24, 2.45) is 4.99 Å². The Morgan fingerprint density at radius 1 is 1.31 bits per heavy atom. The Kier molecular flexibility index (Phi) is 8.34. The van der Waals surface area contributed by atoms with Gasteiger partial charge >= 0.3 is 0 Å². The minimum Gasteiger partial charge on any atom is -0.377 e. The highest BCUT2D eigenvalue weighted by atomic mass is 127. The minimum absolute atomic E-state index is 0. The van der Waals surface area contributed by atoms with E-state index in [1.54, 1.807) is 12.1 Å². The van der Waals surface area contributed by atoms with E-state index < -0.39 is 0 Å². The average Bonchev–Trinajstić information content (AvgIpc) is 3.42. The number of hydrogen-bond donors (Lipinski definition) is 2. The molecule has 144 valence electrons. The molecule has 4 nitrogen and oxygen atoms in total. The lowest BCUT2D eigenvalue weighted by Gasteiger charge is -2.17. The zero-order chi connectivity index (χ0) is 17.5. The van der Waals surface area contributed by atoms with Gasteiger partial charge in [-0.25, -0.2) is 4.39 Å². The number of guanidine groups is 1. The summed E-state index contributed by atoms with van der Waals surface area (Å²) >= 11 is 0. The molecule has 1 aromatic carbocycles. The van der Waals surface area contributed by atoms with E-state index in [4.69, 9.17) is 9.73 Å². The van der Waals surface area contributed by atoms with Crippen molar-refractivity contribution in [2.75, 3.05) is 32.8 Å². The van der Waals surface area contributed by atoms with Crippen molar-refractivity contribution in [1.29, 1.82) is 0 Å². The molecule has 1 aromatic rings. The predicted octanol–water partition coefficient (Wildman–Crippen LogP) is 3.77. The van der Waals surface area contributed by atoms with Crippen LogP contribution in [0.25, 0.3) is 0 Å². The molecule has 0 amide bonds. The van der Waals surface area contributed by atoms with Crippen LogP contribution in [0.1, 0.15) is 38.2 Å². The van der Waals surface area contributed by atoms with E-state index in [1.165, 1.54) is 11.6 Å². The number of nitrogens with one attached hydrogen (secondary N) is 2. The van der Waals surface area contributed by atoms with E-state index in [0.717, 1.165) is 63.5 Å². The summed E-state index contributed by atoms with van der Waals surface area (Å²) in [5, 5.41) is 6.72. The molecule has 0 bridgehead atoms. The first-order valence-corrected chi connectivity index (χ1v) is 9.26. The predicted molar refractivity (Wildman–Crippen MR) is 115 cm³/mol. The van der Waals surface area contributed by atoms with Gasteiger partial charge < -0.3 is 15.4 Å². The van der Waals surface area contributed by atoms with Crippen LogP contribution in [0.15, 0.2) is 40.9 Å². The van der Waals surface area contributed by atoms with Crippen molar-refractivity contribution in [3.05, 3.63) is 47.3 Å². The third kappa shape index (κ3) is 5.94. The van der Waals surface area contributed by atoms with Crippen molar-refractivity contribution < 1.29 is 9.13 Å². The number of halogens is 2. The number of rotatable bonds is 7. The summed E-state index contributed by atoms with van der Waals surface area (Å²) < 4.78 is 18.9. The van der Waals surface area contributed by atoms with Crippen LogP contribution in [-0.2, 0) is 10.2 Å². The molecule has 1 saturated carbocycles. The van der Waals surface area contributed by atoms with Gasteiger partial charge in [0.2, 0.25) is 0 Å². The third-order valence-corrected chi connectivity index (χ3v) is 4.97. The van der Waals surface area contributed by atoms with E-state index >= 15 is 0 Å². The second-order valence-electron chi connectivity index (χ2n) is 6.85. The van der Waals surface area contributed by atoms with E-state index in [-0.39, 0.29) is 35.2 Å². The molecular weight excluding hydrogens is 444 g/mol. The topological polar surface area (TPSA) is 45.7 Å². The Balaban J connectivity index is 0.00000243. The van der Waals surface area contributed by atoms with Crippen LogP contribution in [0, 0.1) is 5.82 Å². The number of benzene rings is 1. The van der Waals surface area contributed by atoms with Crippen LogP contribution >= 0.6 is 24.0 Å². The summed E-state index contributed by atoms with van der Waals surface area (Å²) in [5.74, 6) is 0.681. The first-order valence-electron chi connectivity index (χ1n) is 9.26. The number of hydrogen-bond acceptors (Lipinski definition) is 2. The number of aliphatic imine (C=N–C) groups is 1. The SMILES string of the molecule is CCNC(=NCC1(c2cccc(F)c2)CC1)NCCC1=CCOCC1.I. The maximum Gasteiger partial charge on any atom is 0.191 e. The highest BCUT2D eigenvalue weighted by Crippen LogP contribution is 2.48. The van der Waals surface area contributed by atoms with Crippen molar-refractivity contribution in [1.82, 2.24) is 10.6 Å². The van der Waals surface area contributed by atoms with Gasteiger partial charge in [0.1, 0.15) is 5.82 Å². The molecule has 3 rings (SSSR count). The van der Waals surface area contributed by atoms with Gasteiger partial charge in [0, 0.05) is 18.5 Å². The molecular formula is C20H29FIN3O. The molecule has 0 saturated heterocycles. The van der Waals surface area contributed by atoms with Crippen LogP contribution in [0.4, 0.5) is 4.39 Å². The summed E-state index contributed by atoms with van der Waals surface area (Å²) in [6.45, 7) is 6.02. The Morgan fingerprint density at radius 3 is 2.81 bits per heavy atom. The molecule has 2 aliphatic rings. The third-order valence-electron chi connectivity index (χ3n) is 4.97. The maximum absolute atomic E-state index is 13.5. The van der Waals surface area contributed by atoms with Crippen molar-refractivity contribution in [2.45, 2.75) is 38.0 Å². The Labute approximate surface area is 172 Å². The lowest BCUT2D eigenvalue weighted by Crippen LogP contribution is -2.38. The second kappa shape index (κ2) is 10.3. The van der Waals surface area contributed by atoms with Gasteiger partial charge in [-0.15, -0.1) is 24.0 Å². The largest absolute Gasteiger partial charge is 0.377 e. The minimum atomic E-state index is -0.164. The molecule has 0 spiro atoms. The van der Waals surface area contributed by atoms with E-state index in [9.17, 15) is 4.39 Å². The first-order chi connectivity index (χ1) is 12.2. The Bertz CT molecular complexity index is 644. The van der Waals surface area contributed by atoms with Crippen LogP contribution < -0.4 is 10.6 Å². The lowest BCUT2D eigenvalue weighted by atomic mass is 9.96. The normalized spacial score (nSPS) is 18.5. The van der Waals surface area contributed by atoms with E-state index in [2.05, 4.69) is 23.6 Å². The molecule has 26 heavy (non-hydrogen) atoms. The summed E-state index contributed by atoms with van der Waals surface area (Å²) in [6.07, 6.45) is 6.37. The standard InChI is InChI=1S/C20H28FN3O.HI/c1-2-22-19(23-11-6-16-7-12-25-13-8-16)24-15-20(9-10-20)17-4-3-5-18(21)14-17;/h3-5,7,14H,2,6,8-13,15H2,1H3,(H2,22,23,24);1H. The number of ether oxygens (including phenoxy) is 1. The van der Waals surface area contributed by atoms with E-state index in [1.807, 2.05) is 6.07 Å². The van der Waals surface area contributed by atoms with Gasteiger partial charge in [0.25, 0.3) is 0 Å². The van der Waals surface area contributed by atoms with Crippen LogP contribution in [-0.4, -0.2) is 38.8 Å². The van der Waals surface area contributed by atoms with Gasteiger partial charge in [-0.05, 0) is 50.3 Å². The summed E-state index contributed by atoms with van der Waals surface area (Å²) in [5.41, 5.74) is 2.54. The van der Waals surface area contributed by atoms with Gasteiger partial charge in [0.15, 0.2) is 5.96 Å². The maximum atomic E-state index is 13.5. The van der Waals surface area contributed by atoms with Crippen LogP contribution in [0.2, 0.25) is 0 Å². The van der Waals surface area contributed by atoms with Gasteiger partial charge in [-0.3, -0.25) is 4.99 Å². The zero-order valence-electron chi connectivity index (χ0n) is 15.4. The van der Waals surface area contributed by atoms with Gasteiger partial charge in [0.05, 0.1) is 19.8 Å². The highest BCUT2D eigenvalue weighted by molar-refractivity contribution is 14.0. The summed E-state index contributed by atoms with van der Waals surface area (Å²) in [6, 6.07) is 6.96. The molecule has 0 atom stereocenters. The van der Waals surface area contributed by atoms with Crippen LogP contribution in [0.5, 0.6) is 0 Å². The molecule has 1 fully saturated rings. The van der Waals surface area contributed by atoms with Gasteiger partial charge in [-0.1, -0.05) is 23.8 Å². The highest BCUT2D eigenvalue weighted by Gasteiger charge is 2.44. The molecule has 2 N–H and O–H groups in total. The molecule has 6 heteroatoms. The fourth-order valence-electron chi connectivity index (χ4n) is 3.21. The Hall–Kier alpha value is -1.15. The smallest absolute Gasteiger partial charge is 0.191 e. The quantitative estimate of drug-likeness (QED) is 0.275. The van der Waals surface area contributed by atoms with Gasteiger partial charge in [-0.2, -0.15) is 0 Å². The van der Waals surface area contributed by atoms with Crippen molar-refractivity contribution >= 4 is 29.9 Å². The Morgan fingerprint density at radius 2 is 2.15 bits per heavy atom. The molecule has 0 radical (unpaired) electrons. The fraction of sp³-hybridized carbons (Fsp3) is 0.550. The molecule has 1 aliphatic carbocycles. The van der Waals surface area contributed by atoms with Crippen molar-refractivity contribution in [3.63, 3.8) is 0 Å².